The van der Waals surface area contributed by atoms with Crippen LogP contribution in [0.2, 0.25) is 0 Å². The number of hydrogen-bond donors (Lipinski definition) is 2. The smallest absolute Gasteiger partial charge is 0.240 e. The average molecular weight is 340 g/mol. The van der Waals surface area contributed by atoms with Crippen LogP contribution in [0.25, 0.3) is 0 Å². The minimum atomic E-state index is -3.40. The molecule has 4 nitrogen and oxygen atoms in total. The molecule has 1 unspecified atom stereocenters. The summed E-state index contributed by atoms with van der Waals surface area (Å²) in [6, 6.07) is 6.96. The van der Waals surface area contributed by atoms with E-state index >= 15 is 0 Å². The van der Waals surface area contributed by atoms with Crippen molar-refractivity contribution in [2.75, 3.05) is 13.1 Å². The van der Waals surface area contributed by atoms with Gasteiger partial charge in [-0.05, 0) is 38.8 Å². The number of rotatable bonds is 8. The molecule has 1 atom stereocenters. The minimum absolute atomic E-state index is 0.0380. The third kappa shape index (κ3) is 6.24. The fraction of sp³-hybridized carbons (Fsp3) is 0.667. The third-order valence-electron chi connectivity index (χ3n) is 4.72. The third-order valence-corrected chi connectivity index (χ3v) is 6.32. The number of benzene rings is 1. The molecule has 0 saturated heterocycles. The Bertz CT molecular complexity index is 563. The Morgan fingerprint density at radius 2 is 1.83 bits per heavy atom. The molecule has 23 heavy (non-hydrogen) atoms. The van der Waals surface area contributed by atoms with E-state index in [1.165, 1.54) is 38.6 Å². The summed E-state index contributed by atoms with van der Waals surface area (Å²) >= 11 is 0. The molecule has 0 amide bonds. The lowest BCUT2D eigenvalue weighted by Gasteiger charge is -2.20. The van der Waals surface area contributed by atoms with Crippen LogP contribution in [0.3, 0.4) is 0 Å². The lowest BCUT2D eigenvalue weighted by molar-refractivity contribution is -0.661. The summed E-state index contributed by atoms with van der Waals surface area (Å²) in [5.74, 6) is 0.864. The minimum Gasteiger partial charge on any atom is -0.346 e. The molecule has 0 bridgehead atoms. The number of hydrogen-bond acceptors (Lipinski definition) is 2. The van der Waals surface area contributed by atoms with Crippen LogP contribution in [0.4, 0.5) is 0 Å². The fourth-order valence-electron chi connectivity index (χ4n) is 3.25. The zero-order valence-electron chi connectivity index (χ0n) is 14.4. The van der Waals surface area contributed by atoms with Gasteiger partial charge in [-0.2, -0.15) is 0 Å². The Balaban J connectivity index is 1.71. The number of nitrogens with one attached hydrogen (secondary N) is 1. The van der Waals surface area contributed by atoms with Crippen molar-refractivity contribution in [2.45, 2.75) is 63.3 Å². The van der Waals surface area contributed by atoms with Gasteiger partial charge in [-0.15, -0.1) is 0 Å². The van der Waals surface area contributed by atoms with Gasteiger partial charge in [0.15, 0.2) is 0 Å². The van der Waals surface area contributed by atoms with Crippen LogP contribution >= 0.6 is 0 Å². The van der Waals surface area contributed by atoms with E-state index in [0.717, 1.165) is 24.4 Å². The molecule has 1 aliphatic carbocycles. The SMILES string of the molecule is Cc1ccc(S(=O)(=O)NC(C)CC[NH2+]CC2CCCCC2)cc1. The maximum Gasteiger partial charge on any atom is 0.240 e. The topological polar surface area (TPSA) is 62.8 Å². The summed E-state index contributed by atoms with van der Waals surface area (Å²) in [6.07, 6.45) is 7.75. The summed E-state index contributed by atoms with van der Waals surface area (Å²) in [4.78, 5) is 0.348. The van der Waals surface area contributed by atoms with Crippen LogP contribution in [0, 0.1) is 12.8 Å². The molecule has 0 radical (unpaired) electrons. The van der Waals surface area contributed by atoms with Crippen molar-refractivity contribution in [3.05, 3.63) is 29.8 Å². The van der Waals surface area contributed by atoms with Crippen molar-refractivity contribution in [3.63, 3.8) is 0 Å². The van der Waals surface area contributed by atoms with E-state index in [2.05, 4.69) is 10.0 Å². The van der Waals surface area contributed by atoms with E-state index in [0.29, 0.717) is 4.90 Å². The molecule has 0 heterocycles. The van der Waals surface area contributed by atoms with Crippen molar-refractivity contribution in [1.29, 1.82) is 0 Å². The second-order valence-corrected chi connectivity index (χ2v) is 8.66. The first-order valence-electron chi connectivity index (χ1n) is 8.88. The number of nitrogens with two attached hydrogens (primary N) is 1. The first-order valence-corrected chi connectivity index (χ1v) is 10.4. The van der Waals surface area contributed by atoms with Gasteiger partial charge < -0.3 is 5.32 Å². The highest BCUT2D eigenvalue weighted by atomic mass is 32.2. The molecule has 1 aliphatic rings. The van der Waals surface area contributed by atoms with E-state index in [1.807, 2.05) is 26.0 Å². The monoisotopic (exact) mass is 339 g/mol. The van der Waals surface area contributed by atoms with Crippen LogP contribution in [0.1, 0.15) is 51.0 Å². The van der Waals surface area contributed by atoms with E-state index in [4.69, 9.17) is 0 Å². The van der Waals surface area contributed by atoms with E-state index < -0.39 is 10.0 Å². The Kier molecular flexibility index (Phi) is 7.06. The molecule has 130 valence electrons. The summed E-state index contributed by atoms with van der Waals surface area (Å²) in [5, 5.41) is 2.35. The summed E-state index contributed by atoms with van der Waals surface area (Å²) in [6.45, 7) is 6.07. The zero-order valence-corrected chi connectivity index (χ0v) is 15.2. The number of sulfonamides is 1. The molecule has 1 saturated carbocycles. The second-order valence-electron chi connectivity index (χ2n) is 6.94. The molecule has 0 aliphatic heterocycles. The molecule has 1 aromatic rings. The lowest BCUT2D eigenvalue weighted by atomic mass is 9.89. The van der Waals surface area contributed by atoms with Gasteiger partial charge in [-0.25, -0.2) is 13.1 Å². The van der Waals surface area contributed by atoms with Crippen molar-refractivity contribution in [1.82, 2.24) is 4.72 Å². The van der Waals surface area contributed by atoms with Gasteiger partial charge in [0.2, 0.25) is 10.0 Å². The number of quaternary nitrogens is 1. The first-order chi connectivity index (χ1) is 11.0. The Hall–Kier alpha value is -0.910. The molecule has 0 spiro atoms. The second kappa shape index (κ2) is 8.81. The van der Waals surface area contributed by atoms with Gasteiger partial charge in [0.1, 0.15) is 0 Å². The van der Waals surface area contributed by atoms with Gasteiger partial charge in [0.05, 0.1) is 18.0 Å². The van der Waals surface area contributed by atoms with Crippen LogP contribution in [0.5, 0.6) is 0 Å². The van der Waals surface area contributed by atoms with E-state index in [-0.39, 0.29) is 6.04 Å². The standard InChI is InChI=1S/C18H30N2O2S/c1-15-8-10-18(11-9-15)23(21,22)20-16(2)12-13-19-14-17-6-4-3-5-7-17/h8-11,16-17,19-20H,3-7,12-14H2,1-2H3/p+1. The summed E-state index contributed by atoms with van der Waals surface area (Å²) in [7, 11) is -3.40. The Labute approximate surface area is 141 Å². The van der Waals surface area contributed by atoms with Crippen molar-refractivity contribution < 1.29 is 13.7 Å². The predicted octanol–water partition coefficient (Wildman–Crippen LogP) is 2.20. The van der Waals surface area contributed by atoms with Crippen LogP contribution in [-0.2, 0) is 10.0 Å². The summed E-state index contributed by atoms with van der Waals surface area (Å²) in [5.41, 5.74) is 1.06. The maximum atomic E-state index is 12.3. The molecule has 1 aromatic carbocycles. The molecular formula is C18H31N2O2S+. The lowest BCUT2D eigenvalue weighted by Crippen LogP contribution is -2.86. The first kappa shape index (κ1) is 18.4. The van der Waals surface area contributed by atoms with Crippen LogP contribution < -0.4 is 10.0 Å². The van der Waals surface area contributed by atoms with Crippen LogP contribution in [-0.4, -0.2) is 27.5 Å². The Morgan fingerprint density at radius 1 is 1.17 bits per heavy atom. The molecular weight excluding hydrogens is 308 g/mol. The Morgan fingerprint density at radius 3 is 2.48 bits per heavy atom. The van der Waals surface area contributed by atoms with Gasteiger partial charge in [0, 0.05) is 18.4 Å². The molecule has 1 fully saturated rings. The highest BCUT2D eigenvalue weighted by Gasteiger charge is 2.18. The largest absolute Gasteiger partial charge is 0.346 e. The van der Waals surface area contributed by atoms with Crippen molar-refractivity contribution >= 4 is 10.0 Å². The van der Waals surface area contributed by atoms with Gasteiger partial charge in [-0.3, -0.25) is 0 Å². The normalized spacial score (nSPS) is 18.0. The van der Waals surface area contributed by atoms with Gasteiger partial charge in [-0.1, -0.05) is 37.0 Å². The van der Waals surface area contributed by atoms with Crippen molar-refractivity contribution in [2.24, 2.45) is 5.92 Å². The van der Waals surface area contributed by atoms with Crippen LogP contribution in [0.15, 0.2) is 29.2 Å². The molecule has 2 rings (SSSR count). The van der Waals surface area contributed by atoms with E-state index in [1.54, 1.807) is 12.1 Å². The quantitative estimate of drug-likeness (QED) is 0.713. The van der Waals surface area contributed by atoms with Gasteiger partial charge in [0.25, 0.3) is 0 Å². The maximum absolute atomic E-state index is 12.3. The predicted molar refractivity (Wildman–Crippen MR) is 93.8 cm³/mol. The molecule has 0 aromatic heterocycles. The van der Waals surface area contributed by atoms with E-state index in [9.17, 15) is 8.42 Å². The number of aryl methyl sites for hydroxylation is 1. The molecule has 3 N–H and O–H groups in total. The van der Waals surface area contributed by atoms with Crippen molar-refractivity contribution in [3.8, 4) is 0 Å². The summed E-state index contributed by atoms with van der Waals surface area (Å²) < 4.78 is 27.4. The average Bonchev–Trinajstić information content (AvgIpc) is 2.52. The molecule has 5 heteroatoms. The zero-order chi connectivity index (χ0) is 16.7. The highest BCUT2D eigenvalue weighted by molar-refractivity contribution is 7.89. The highest BCUT2D eigenvalue weighted by Crippen LogP contribution is 2.21. The van der Waals surface area contributed by atoms with Gasteiger partial charge >= 0.3 is 0 Å². The fourth-order valence-corrected chi connectivity index (χ4v) is 4.53.